The van der Waals surface area contributed by atoms with E-state index < -0.39 is 9.90 Å². The van der Waals surface area contributed by atoms with Crippen LogP contribution >= 0.6 is 34.8 Å². The van der Waals surface area contributed by atoms with Gasteiger partial charge in [0.1, 0.15) is 6.10 Å². The maximum Gasteiger partial charge on any atom is 0.217 e. The van der Waals surface area contributed by atoms with Crippen molar-refractivity contribution in [2.45, 2.75) is 16.8 Å². The highest BCUT2D eigenvalue weighted by Gasteiger charge is 2.30. The van der Waals surface area contributed by atoms with Gasteiger partial charge in [-0.3, -0.25) is 4.79 Å². The summed E-state index contributed by atoms with van der Waals surface area (Å²) in [6.07, 6.45) is -1.18. The molecule has 11 heavy (non-hydrogen) atoms. The number of carbonyl (C=O) groups excluding carboxylic acids is 1. The average Bonchev–Trinajstić information content (AvgIpc) is 1.80. The molecular formula is C5H8Cl3NO2. The molecule has 0 aromatic carbocycles. The molecule has 1 atom stereocenters. The minimum absolute atomic E-state index is 0.0637. The van der Waals surface area contributed by atoms with Crippen LogP contribution in [0.4, 0.5) is 0 Å². The third-order valence-electron chi connectivity index (χ3n) is 0.922. The summed E-state index contributed by atoms with van der Waals surface area (Å²) in [5.41, 5.74) is 0. The van der Waals surface area contributed by atoms with Gasteiger partial charge in [-0.1, -0.05) is 34.8 Å². The van der Waals surface area contributed by atoms with E-state index in [-0.39, 0.29) is 12.5 Å². The van der Waals surface area contributed by atoms with Crippen molar-refractivity contribution in [3.63, 3.8) is 0 Å². The van der Waals surface area contributed by atoms with Crippen molar-refractivity contribution in [3.05, 3.63) is 0 Å². The van der Waals surface area contributed by atoms with E-state index in [1.54, 1.807) is 0 Å². The lowest BCUT2D eigenvalue weighted by molar-refractivity contribution is -0.119. The van der Waals surface area contributed by atoms with Gasteiger partial charge in [-0.15, -0.1) is 0 Å². The number of alkyl halides is 3. The van der Waals surface area contributed by atoms with Crippen molar-refractivity contribution in [3.8, 4) is 0 Å². The molecule has 0 heterocycles. The molecule has 0 saturated heterocycles. The second-order valence-electron chi connectivity index (χ2n) is 1.99. The molecule has 0 rings (SSSR count). The molecule has 0 spiro atoms. The molecule has 3 nitrogen and oxygen atoms in total. The molecule has 0 bridgehead atoms. The summed E-state index contributed by atoms with van der Waals surface area (Å²) < 4.78 is -1.75. The number of nitrogens with one attached hydrogen (secondary N) is 1. The van der Waals surface area contributed by atoms with Gasteiger partial charge in [0.25, 0.3) is 0 Å². The maximum absolute atomic E-state index is 10.3. The van der Waals surface area contributed by atoms with Crippen molar-refractivity contribution in [1.82, 2.24) is 5.32 Å². The van der Waals surface area contributed by atoms with E-state index in [1.807, 2.05) is 0 Å². The Morgan fingerprint density at radius 3 is 2.36 bits per heavy atom. The Morgan fingerprint density at radius 2 is 2.09 bits per heavy atom. The fourth-order valence-corrected chi connectivity index (χ4v) is 0.588. The molecule has 1 amide bonds. The van der Waals surface area contributed by atoms with Crippen LogP contribution in [-0.4, -0.2) is 27.5 Å². The van der Waals surface area contributed by atoms with E-state index in [2.05, 4.69) is 5.32 Å². The Bertz CT molecular complexity index is 145. The molecular weight excluding hydrogens is 212 g/mol. The topological polar surface area (TPSA) is 49.3 Å². The molecule has 0 radical (unpaired) electrons. The van der Waals surface area contributed by atoms with Crippen LogP contribution in [-0.2, 0) is 4.79 Å². The van der Waals surface area contributed by atoms with Crippen LogP contribution in [0.2, 0.25) is 0 Å². The van der Waals surface area contributed by atoms with E-state index in [0.29, 0.717) is 0 Å². The lowest BCUT2D eigenvalue weighted by Gasteiger charge is -2.18. The van der Waals surface area contributed by atoms with Gasteiger partial charge in [-0.05, 0) is 0 Å². The second kappa shape index (κ2) is 4.36. The zero-order valence-corrected chi connectivity index (χ0v) is 8.04. The molecule has 1 unspecified atom stereocenters. The SMILES string of the molecule is CC(=O)NCC(O)C(Cl)(Cl)Cl. The lowest BCUT2D eigenvalue weighted by Crippen LogP contribution is -2.38. The maximum atomic E-state index is 10.3. The summed E-state index contributed by atoms with van der Waals surface area (Å²) in [4.78, 5) is 10.3. The van der Waals surface area contributed by atoms with Gasteiger partial charge in [-0.2, -0.15) is 0 Å². The molecule has 0 saturated carbocycles. The highest BCUT2D eigenvalue weighted by molar-refractivity contribution is 6.68. The van der Waals surface area contributed by atoms with Gasteiger partial charge in [0, 0.05) is 13.5 Å². The van der Waals surface area contributed by atoms with E-state index in [0.717, 1.165) is 0 Å². The Kier molecular flexibility index (Phi) is 4.48. The van der Waals surface area contributed by atoms with Crippen LogP contribution in [0, 0.1) is 0 Å². The summed E-state index contributed by atoms with van der Waals surface area (Å²) >= 11 is 15.9. The molecule has 0 aliphatic heterocycles. The Morgan fingerprint density at radius 1 is 1.64 bits per heavy atom. The van der Waals surface area contributed by atoms with Crippen molar-refractivity contribution in [2.75, 3.05) is 6.54 Å². The van der Waals surface area contributed by atoms with E-state index in [4.69, 9.17) is 39.9 Å². The van der Waals surface area contributed by atoms with Crippen LogP contribution in [0.25, 0.3) is 0 Å². The smallest absolute Gasteiger partial charge is 0.217 e. The van der Waals surface area contributed by atoms with Gasteiger partial charge in [0.15, 0.2) is 0 Å². The molecule has 6 heteroatoms. The van der Waals surface area contributed by atoms with Crippen molar-refractivity contribution < 1.29 is 9.90 Å². The van der Waals surface area contributed by atoms with E-state index in [9.17, 15) is 4.79 Å². The number of amides is 1. The number of hydrogen-bond acceptors (Lipinski definition) is 2. The lowest BCUT2D eigenvalue weighted by atomic mass is 10.4. The standard InChI is InChI=1S/C5H8Cl3NO2/c1-3(10)9-2-4(11)5(6,7)8/h4,11H,2H2,1H3,(H,9,10). The second-order valence-corrected chi connectivity index (χ2v) is 4.36. The first kappa shape index (κ1) is 11.3. The zero-order valence-electron chi connectivity index (χ0n) is 5.77. The van der Waals surface area contributed by atoms with E-state index >= 15 is 0 Å². The van der Waals surface area contributed by atoms with Crippen LogP contribution in [0.3, 0.4) is 0 Å². The number of carbonyl (C=O) groups is 1. The molecule has 0 aliphatic carbocycles. The third kappa shape index (κ3) is 5.56. The molecule has 0 aromatic heterocycles. The van der Waals surface area contributed by atoms with Gasteiger partial charge >= 0.3 is 0 Å². The number of rotatable bonds is 2. The predicted octanol–water partition coefficient (Wildman–Crippen LogP) is 0.854. The number of aliphatic hydroxyl groups excluding tert-OH is 1. The molecule has 66 valence electrons. The first-order chi connectivity index (χ1) is 4.84. The normalized spacial score (nSPS) is 14.3. The minimum atomic E-state index is -1.75. The van der Waals surface area contributed by atoms with Gasteiger partial charge in [-0.25, -0.2) is 0 Å². The summed E-state index contributed by atoms with van der Waals surface area (Å²) in [5.74, 6) is -0.279. The minimum Gasteiger partial charge on any atom is -0.387 e. The Balaban J connectivity index is 3.70. The number of halogens is 3. The quantitative estimate of drug-likeness (QED) is 0.678. The monoisotopic (exact) mass is 219 g/mol. The molecule has 2 N–H and O–H groups in total. The fourth-order valence-electron chi connectivity index (χ4n) is 0.356. The first-order valence-electron chi connectivity index (χ1n) is 2.83. The van der Waals surface area contributed by atoms with Crippen molar-refractivity contribution >= 4 is 40.7 Å². The highest BCUT2D eigenvalue weighted by Crippen LogP contribution is 2.29. The molecule has 0 aliphatic rings. The van der Waals surface area contributed by atoms with Crippen LogP contribution < -0.4 is 5.32 Å². The largest absolute Gasteiger partial charge is 0.387 e. The first-order valence-corrected chi connectivity index (χ1v) is 3.96. The molecule has 0 aromatic rings. The van der Waals surface area contributed by atoms with Gasteiger partial charge in [0.2, 0.25) is 9.70 Å². The van der Waals surface area contributed by atoms with Crippen molar-refractivity contribution in [1.29, 1.82) is 0 Å². The fraction of sp³-hybridized carbons (Fsp3) is 0.800. The summed E-state index contributed by atoms with van der Waals surface area (Å²) in [7, 11) is 0. The molecule has 0 fully saturated rings. The summed E-state index contributed by atoms with van der Waals surface area (Å²) in [6.45, 7) is 1.25. The highest BCUT2D eigenvalue weighted by atomic mass is 35.6. The number of aliphatic hydroxyl groups is 1. The average molecular weight is 220 g/mol. The van der Waals surface area contributed by atoms with E-state index in [1.165, 1.54) is 6.92 Å². The number of hydrogen-bond donors (Lipinski definition) is 2. The van der Waals surface area contributed by atoms with Crippen LogP contribution in [0.5, 0.6) is 0 Å². The van der Waals surface area contributed by atoms with Crippen molar-refractivity contribution in [2.24, 2.45) is 0 Å². The van der Waals surface area contributed by atoms with Crippen LogP contribution in [0.15, 0.2) is 0 Å². The predicted molar refractivity (Wildman–Crippen MR) is 45.0 cm³/mol. The third-order valence-corrected chi connectivity index (χ3v) is 1.68. The van der Waals surface area contributed by atoms with Gasteiger partial charge in [0.05, 0.1) is 0 Å². The van der Waals surface area contributed by atoms with Gasteiger partial charge < -0.3 is 10.4 Å². The summed E-state index contributed by atoms with van der Waals surface area (Å²) in [6, 6.07) is 0. The zero-order chi connectivity index (χ0) is 9.07. The Labute approximate surface area is 79.6 Å². The Hall–Kier alpha value is 0.300. The summed E-state index contributed by atoms with van der Waals surface area (Å²) in [5, 5.41) is 11.3. The van der Waals surface area contributed by atoms with Crippen LogP contribution in [0.1, 0.15) is 6.92 Å².